The Labute approximate surface area is 208 Å². The minimum atomic E-state index is -2.59. The highest BCUT2D eigenvalue weighted by atomic mass is 19.3. The summed E-state index contributed by atoms with van der Waals surface area (Å²) in [6, 6.07) is 10.9. The molecule has 36 heavy (non-hydrogen) atoms. The minimum absolute atomic E-state index is 0.131. The van der Waals surface area contributed by atoms with Crippen molar-refractivity contribution < 1.29 is 13.9 Å². The van der Waals surface area contributed by atoms with Crippen LogP contribution in [0.15, 0.2) is 42.6 Å². The summed E-state index contributed by atoms with van der Waals surface area (Å²) in [5.41, 5.74) is 8.12. The van der Waals surface area contributed by atoms with Crippen LogP contribution in [0.25, 0.3) is 11.3 Å². The van der Waals surface area contributed by atoms with E-state index in [2.05, 4.69) is 48.7 Å². The summed E-state index contributed by atoms with van der Waals surface area (Å²) in [4.78, 5) is 13.2. The lowest BCUT2D eigenvalue weighted by Crippen LogP contribution is -2.35. The fraction of sp³-hybridized carbons (Fsp3) is 0.385. The number of nitrogen functional groups attached to an aromatic ring is 1. The summed E-state index contributed by atoms with van der Waals surface area (Å²) >= 11 is 0. The molecule has 1 saturated carbocycles. The standard InChI is InChI=1S/C26H27F2N7O/c1-17-9-11-34(21-14-20(32-33-25(21)29)19-4-2-3-5-22(19)36)12-13-35(17)24-8-10-30-23(31-24)7-6-18-15-26(27,28)16-18/h2-5,8,10,14,17-18,36H,9,11-13,15-16H2,1H3,(H2,29,33)/t17-/m1/s1. The van der Waals surface area contributed by atoms with Gasteiger partial charge in [-0.2, -0.15) is 0 Å². The number of anilines is 3. The van der Waals surface area contributed by atoms with Crippen LogP contribution in [0.4, 0.5) is 26.1 Å². The SMILES string of the molecule is C[C@@H]1CCN(c2cc(-c3ccccc3O)nnc2N)CCN1c1ccnc(C#CC2CC(F)(F)C2)n1. The van der Waals surface area contributed by atoms with Crippen LogP contribution >= 0.6 is 0 Å². The van der Waals surface area contributed by atoms with Crippen LogP contribution in [-0.2, 0) is 0 Å². The minimum Gasteiger partial charge on any atom is -0.507 e. The van der Waals surface area contributed by atoms with E-state index in [1.807, 2.05) is 18.2 Å². The summed E-state index contributed by atoms with van der Waals surface area (Å²) < 4.78 is 26.1. The fourth-order valence-corrected chi connectivity index (χ4v) is 4.61. The second-order valence-corrected chi connectivity index (χ2v) is 9.30. The highest BCUT2D eigenvalue weighted by Gasteiger charge is 2.44. The predicted molar refractivity (Wildman–Crippen MR) is 134 cm³/mol. The molecule has 186 valence electrons. The Balaban J connectivity index is 1.33. The third kappa shape index (κ3) is 5.00. The van der Waals surface area contributed by atoms with Crippen LogP contribution in [0, 0.1) is 17.8 Å². The van der Waals surface area contributed by atoms with E-state index in [1.165, 1.54) is 0 Å². The molecule has 0 amide bonds. The largest absolute Gasteiger partial charge is 0.507 e. The molecule has 5 rings (SSSR count). The van der Waals surface area contributed by atoms with Crippen molar-refractivity contribution in [1.29, 1.82) is 0 Å². The van der Waals surface area contributed by atoms with Gasteiger partial charge in [0.2, 0.25) is 5.82 Å². The number of alkyl halides is 2. The third-order valence-electron chi connectivity index (χ3n) is 6.70. The number of halogens is 2. The van der Waals surface area contributed by atoms with E-state index in [4.69, 9.17) is 5.73 Å². The Kier molecular flexibility index (Phi) is 6.31. The summed E-state index contributed by atoms with van der Waals surface area (Å²) in [5.74, 6) is 4.40. The Bertz CT molecular complexity index is 1310. The fourth-order valence-electron chi connectivity index (χ4n) is 4.61. The predicted octanol–water partition coefficient (Wildman–Crippen LogP) is 3.72. The maximum absolute atomic E-state index is 13.1. The average Bonchev–Trinajstić information content (AvgIpc) is 3.04. The molecule has 2 fully saturated rings. The van der Waals surface area contributed by atoms with Crippen molar-refractivity contribution in [3.05, 3.63) is 48.4 Å². The number of para-hydroxylation sites is 1. The van der Waals surface area contributed by atoms with Gasteiger partial charge in [-0.3, -0.25) is 0 Å². The van der Waals surface area contributed by atoms with Crippen LogP contribution in [0.3, 0.4) is 0 Å². The maximum atomic E-state index is 13.1. The molecule has 0 spiro atoms. The number of aromatic nitrogens is 4. The topological polar surface area (TPSA) is 104 Å². The van der Waals surface area contributed by atoms with Gasteiger partial charge in [-0.1, -0.05) is 18.1 Å². The zero-order chi connectivity index (χ0) is 25.3. The lowest BCUT2D eigenvalue weighted by Gasteiger charge is -2.31. The lowest BCUT2D eigenvalue weighted by atomic mass is 9.82. The van der Waals surface area contributed by atoms with Crippen LogP contribution in [0.5, 0.6) is 5.75 Å². The van der Waals surface area contributed by atoms with Crippen LogP contribution < -0.4 is 15.5 Å². The van der Waals surface area contributed by atoms with E-state index in [-0.39, 0.29) is 30.6 Å². The molecular weight excluding hydrogens is 464 g/mol. The molecule has 3 aromatic rings. The van der Waals surface area contributed by atoms with Crippen molar-refractivity contribution >= 4 is 17.3 Å². The summed E-state index contributed by atoms with van der Waals surface area (Å²) in [5, 5.41) is 18.6. The van der Waals surface area contributed by atoms with Gasteiger partial charge >= 0.3 is 0 Å². The first-order valence-electron chi connectivity index (χ1n) is 11.9. The molecule has 1 atom stereocenters. The number of phenolic OH excluding ortho intramolecular Hbond substituents is 1. The summed E-state index contributed by atoms with van der Waals surface area (Å²) in [6.45, 7) is 4.23. The summed E-state index contributed by atoms with van der Waals surface area (Å²) in [7, 11) is 0. The molecule has 1 aliphatic heterocycles. The molecular formula is C26H27F2N7O. The number of hydrogen-bond donors (Lipinski definition) is 2. The van der Waals surface area contributed by atoms with Crippen molar-refractivity contribution in [3.8, 4) is 28.8 Å². The second kappa shape index (κ2) is 9.57. The third-order valence-corrected chi connectivity index (χ3v) is 6.70. The number of nitrogens with zero attached hydrogens (tertiary/aromatic N) is 6. The average molecular weight is 492 g/mol. The molecule has 2 aromatic heterocycles. The number of rotatable bonds is 3. The molecule has 1 aromatic carbocycles. The van der Waals surface area contributed by atoms with Gasteiger partial charge in [0.25, 0.3) is 5.92 Å². The lowest BCUT2D eigenvalue weighted by molar-refractivity contribution is -0.0936. The Hall–Kier alpha value is -4.00. The van der Waals surface area contributed by atoms with E-state index >= 15 is 0 Å². The number of aromatic hydroxyl groups is 1. The van der Waals surface area contributed by atoms with Crippen LogP contribution in [-0.4, -0.2) is 56.9 Å². The number of hydrogen-bond acceptors (Lipinski definition) is 8. The Morgan fingerprint density at radius 3 is 2.69 bits per heavy atom. The monoisotopic (exact) mass is 491 g/mol. The maximum Gasteiger partial charge on any atom is 0.250 e. The molecule has 2 aliphatic rings. The quantitative estimate of drug-likeness (QED) is 0.535. The molecule has 1 aliphatic carbocycles. The van der Waals surface area contributed by atoms with E-state index in [9.17, 15) is 13.9 Å². The van der Waals surface area contributed by atoms with E-state index in [0.29, 0.717) is 36.0 Å². The Morgan fingerprint density at radius 1 is 1.11 bits per heavy atom. The number of nitrogens with two attached hydrogens (primary N) is 1. The first-order chi connectivity index (χ1) is 17.3. The van der Waals surface area contributed by atoms with Gasteiger partial charge in [0.05, 0.1) is 11.4 Å². The van der Waals surface area contributed by atoms with Crippen molar-refractivity contribution in [1.82, 2.24) is 20.2 Å². The van der Waals surface area contributed by atoms with Crippen LogP contribution in [0.2, 0.25) is 0 Å². The van der Waals surface area contributed by atoms with Gasteiger partial charge < -0.3 is 20.6 Å². The van der Waals surface area contributed by atoms with Crippen molar-refractivity contribution in [2.24, 2.45) is 5.92 Å². The van der Waals surface area contributed by atoms with Crippen molar-refractivity contribution in [2.45, 2.75) is 38.2 Å². The zero-order valence-electron chi connectivity index (χ0n) is 19.9. The molecule has 0 radical (unpaired) electrons. The van der Waals surface area contributed by atoms with Crippen molar-refractivity contribution in [3.63, 3.8) is 0 Å². The molecule has 3 N–H and O–H groups in total. The molecule has 3 heterocycles. The smallest absolute Gasteiger partial charge is 0.250 e. The van der Waals surface area contributed by atoms with E-state index in [0.717, 1.165) is 24.5 Å². The first kappa shape index (κ1) is 23.7. The summed E-state index contributed by atoms with van der Waals surface area (Å²) in [6.07, 6.45) is 2.10. The second-order valence-electron chi connectivity index (χ2n) is 9.30. The highest BCUT2D eigenvalue weighted by molar-refractivity contribution is 5.74. The molecule has 1 saturated heterocycles. The first-order valence-corrected chi connectivity index (χ1v) is 11.9. The molecule has 8 nitrogen and oxygen atoms in total. The number of benzene rings is 1. The Morgan fingerprint density at radius 2 is 1.92 bits per heavy atom. The van der Waals surface area contributed by atoms with E-state index in [1.54, 1.807) is 24.4 Å². The molecule has 0 bridgehead atoms. The van der Waals surface area contributed by atoms with Crippen molar-refractivity contribution in [2.75, 3.05) is 35.2 Å². The van der Waals surface area contributed by atoms with Gasteiger partial charge in [-0.25, -0.2) is 18.7 Å². The highest BCUT2D eigenvalue weighted by Crippen LogP contribution is 2.41. The molecule has 10 heteroatoms. The molecule has 0 unspecified atom stereocenters. The zero-order valence-corrected chi connectivity index (χ0v) is 19.9. The van der Waals surface area contributed by atoms with Gasteiger partial charge in [-0.05, 0) is 43.5 Å². The van der Waals surface area contributed by atoms with Gasteiger partial charge in [0.1, 0.15) is 11.6 Å². The van der Waals surface area contributed by atoms with Gasteiger partial charge in [0, 0.05) is 56.2 Å². The van der Waals surface area contributed by atoms with Crippen LogP contribution in [0.1, 0.15) is 32.0 Å². The van der Waals surface area contributed by atoms with E-state index < -0.39 is 5.92 Å². The van der Waals surface area contributed by atoms with Gasteiger partial charge in [-0.15, -0.1) is 10.2 Å². The normalized spacial score (nSPS) is 19.7. The number of phenols is 1. The van der Waals surface area contributed by atoms with Gasteiger partial charge in [0.15, 0.2) is 5.82 Å².